The molecule has 0 radical (unpaired) electrons. The van der Waals surface area contributed by atoms with E-state index in [2.05, 4.69) is 0 Å². The number of ether oxygens (including phenoxy) is 1. The van der Waals surface area contributed by atoms with Gasteiger partial charge in [-0.2, -0.15) is 0 Å². The Morgan fingerprint density at radius 3 is 2.85 bits per heavy atom. The lowest BCUT2D eigenvalue weighted by molar-refractivity contribution is 0.341. The number of rotatable bonds is 4. The van der Waals surface area contributed by atoms with Gasteiger partial charge in [-0.15, -0.1) is 0 Å². The molecule has 102 valence electrons. The van der Waals surface area contributed by atoms with Crippen molar-refractivity contribution in [3.8, 4) is 17.0 Å². The highest BCUT2D eigenvalue weighted by Gasteiger charge is 2.11. The number of fused-ring (bicyclic) bond motifs is 1. The van der Waals surface area contributed by atoms with E-state index in [1.165, 1.54) is 0 Å². The first kappa shape index (κ1) is 12.7. The molecule has 0 atom stereocenters. The van der Waals surface area contributed by atoms with Crippen LogP contribution in [0.1, 0.15) is 12.5 Å². The molecule has 0 aliphatic rings. The second kappa shape index (κ2) is 5.35. The highest BCUT2D eigenvalue weighted by atomic mass is 16.5. The third-order valence-corrected chi connectivity index (χ3v) is 3.25. The van der Waals surface area contributed by atoms with Crippen LogP contribution in [0.3, 0.4) is 0 Å². The number of aromatic nitrogens is 2. The summed E-state index contributed by atoms with van der Waals surface area (Å²) in [6.45, 7) is 3.10. The van der Waals surface area contributed by atoms with Crippen LogP contribution >= 0.6 is 0 Å². The fourth-order valence-corrected chi connectivity index (χ4v) is 2.32. The fraction of sp³-hybridized carbons (Fsp3) is 0.188. The number of nitrogens with two attached hydrogens (primary N) is 1. The fourth-order valence-electron chi connectivity index (χ4n) is 2.32. The predicted molar refractivity (Wildman–Crippen MR) is 79.7 cm³/mol. The summed E-state index contributed by atoms with van der Waals surface area (Å²) < 4.78 is 7.67. The van der Waals surface area contributed by atoms with Gasteiger partial charge in [0.1, 0.15) is 11.4 Å². The Morgan fingerprint density at radius 1 is 1.20 bits per heavy atom. The highest BCUT2D eigenvalue weighted by molar-refractivity contribution is 5.70. The standard InChI is InChI=1S/C16H17N3O/c1-2-20-15-8-4-3-7-13(15)14-11-19-9-5-6-12(10-17)16(19)18-14/h3-9,11H,2,10,17H2,1H3. The normalized spacial score (nSPS) is 10.9. The third-order valence-electron chi connectivity index (χ3n) is 3.25. The molecule has 0 saturated heterocycles. The molecule has 0 spiro atoms. The van der Waals surface area contributed by atoms with E-state index in [0.717, 1.165) is 28.2 Å². The summed E-state index contributed by atoms with van der Waals surface area (Å²) in [4.78, 5) is 4.70. The van der Waals surface area contributed by atoms with E-state index in [9.17, 15) is 0 Å². The molecule has 0 amide bonds. The Kier molecular flexibility index (Phi) is 3.39. The molecule has 2 aromatic heterocycles. The molecular weight excluding hydrogens is 250 g/mol. The first-order valence-corrected chi connectivity index (χ1v) is 6.72. The SMILES string of the molecule is CCOc1ccccc1-c1cn2cccc(CN)c2n1. The summed E-state index contributed by atoms with van der Waals surface area (Å²) in [6.07, 6.45) is 3.99. The van der Waals surface area contributed by atoms with Crippen molar-refractivity contribution in [1.82, 2.24) is 9.38 Å². The van der Waals surface area contributed by atoms with Crippen LogP contribution in [0.4, 0.5) is 0 Å². The quantitative estimate of drug-likeness (QED) is 0.790. The monoisotopic (exact) mass is 267 g/mol. The van der Waals surface area contributed by atoms with Gasteiger partial charge in [0, 0.05) is 30.1 Å². The Labute approximate surface area is 117 Å². The number of hydrogen-bond acceptors (Lipinski definition) is 3. The number of imidazole rings is 1. The summed E-state index contributed by atoms with van der Waals surface area (Å²) in [5, 5.41) is 0. The van der Waals surface area contributed by atoms with Crippen molar-refractivity contribution in [1.29, 1.82) is 0 Å². The predicted octanol–water partition coefficient (Wildman–Crippen LogP) is 2.86. The first-order valence-electron chi connectivity index (χ1n) is 6.72. The first-order chi connectivity index (χ1) is 9.83. The molecule has 0 aliphatic carbocycles. The van der Waals surface area contributed by atoms with E-state index in [4.69, 9.17) is 15.5 Å². The molecule has 0 fully saturated rings. The zero-order valence-electron chi connectivity index (χ0n) is 11.4. The Morgan fingerprint density at radius 2 is 2.05 bits per heavy atom. The van der Waals surface area contributed by atoms with Gasteiger partial charge in [0.25, 0.3) is 0 Å². The van der Waals surface area contributed by atoms with Crippen LogP contribution in [-0.2, 0) is 6.54 Å². The van der Waals surface area contributed by atoms with Gasteiger partial charge in [0.05, 0.1) is 12.3 Å². The lowest BCUT2D eigenvalue weighted by Crippen LogP contribution is -1.99. The maximum absolute atomic E-state index is 5.76. The van der Waals surface area contributed by atoms with Crippen LogP contribution in [0.5, 0.6) is 5.75 Å². The van der Waals surface area contributed by atoms with Crippen LogP contribution in [0.2, 0.25) is 0 Å². The van der Waals surface area contributed by atoms with Crippen LogP contribution < -0.4 is 10.5 Å². The summed E-state index contributed by atoms with van der Waals surface area (Å²) in [5.41, 5.74) is 9.60. The van der Waals surface area contributed by atoms with Crippen LogP contribution in [0, 0.1) is 0 Å². The molecule has 2 heterocycles. The number of benzene rings is 1. The maximum Gasteiger partial charge on any atom is 0.141 e. The summed E-state index contributed by atoms with van der Waals surface area (Å²) >= 11 is 0. The van der Waals surface area contributed by atoms with E-state index in [1.807, 2.05) is 60.1 Å². The molecule has 4 heteroatoms. The Balaban J connectivity index is 2.15. The molecule has 0 aliphatic heterocycles. The molecule has 4 nitrogen and oxygen atoms in total. The minimum absolute atomic E-state index is 0.480. The summed E-state index contributed by atoms with van der Waals surface area (Å²) in [6, 6.07) is 11.9. The second-order valence-corrected chi connectivity index (χ2v) is 4.52. The number of hydrogen-bond donors (Lipinski definition) is 1. The smallest absolute Gasteiger partial charge is 0.141 e. The van der Waals surface area contributed by atoms with E-state index < -0.39 is 0 Å². The highest BCUT2D eigenvalue weighted by Crippen LogP contribution is 2.29. The minimum atomic E-state index is 0.480. The number of pyridine rings is 1. The van der Waals surface area contributed by atoms with Gasteiger partial charge < -0.3 is 14.9 Å². The third kappa shape index (κ3) is 2.14. The largest absolute Gasteiger partial charge is 0.493 e. The summed E-state index contributed by atoms with van der Waals surface area (Å²) in [5.74, 6) is 0.854. The van der Waals surface area contributed by atoms with Crippen molar-refractivity contribution in [3.05, 3.63) is 54.4 Å². The molecular formula is C16H17N3O. The van der Waals surface area contributed by atoms with Gasteiger partial charge in [-0.05, 0) is 25.1 Å². The lowest BCUT2D eigenvalue weighted by Gasteiger charge is -2.07. The molecule has 2 N–H and O–H groups in total. The molecule has 0 saturated carbocycles. The van der Waals surface area contributed by atoms with Gasteiger partial charge in [0.2, 0.25) is 0 Å². The van der Waals surface area contributed by atoms with Gasteiger partial charge in [-0.3, -0.25) is 0 Å². The van der Waals surface area contributed by atoms with Gasteiger partial charge in [-0.25, -0.2) is 4.98 Å². The van der Waals surface area contributed by atoms with Crippen molar-refractivity contribution in [2.75, 3.05) is 6.61 Å². The number of nitrogens with zero attached hydrogens (tertiary/aromatic N) is 2. The zero-order valence-corrected chi connectivity index (χ0v) is 11.4. The van der Waals surface area contributed by atoms with Crippen molar-refractivity contribution in [2.24, 2.45) is 5.73 Å². The minimum Gasteiger partial charge on any atom is -0.493 e. The Bertz CT molecular complexity index is 733. The molecule has 0 unspecified atom stereocenters. The molecule has 3 aromatic rings. The van der Waals surface area contributed by atoms with E-state index in [0.29, 0.717) is 13.2 Å². The molecule has 3 rings (SSSR count). The topological polar surface area (TPSA) is 52.5 Å². The molecule has 20 heavy (non-hydrogen) atoms. The van der Waals surface area contributed by atoms with E-state index in [1.54, 1.807) is 0 Å². The molecule has 0 bridgehead atoms. The zero-order chi connectivity index (χ0) is 13.9. The van der Waals surface area contributed by atoms with Crippen molar-refractivity contribution >= 4 is 5.65 Å². The van der Waals surface area contributed by atoms with E-state index in [-0.39, 0.29) is 0 Å². The van der Waals surface area contributed by atoms with Gasteiger partial charge in [0.15, 0.2) is 0 Å². The second-order valence-electron chi connectivity index (χ2n) is 4.52. The maximum atomic E-state index is 5.76. The average molecular weight is 267 g/mol. The average Bonchev–Trinajstić information content (AvgIpc) is 2.92. The van der Waals surface area contributed by atoms with Gasteiger partial charge in [-0.1, -0.05) is 18.2 Å². The van der Waals surface area contributed by atoms with Gasteiger partial charge >= 0.3 is 0 Å². The van der Waals surface area contributed by atoms with E-state index >= 15 is 0 Å². The van der Waals surface area contributed by atoms with Crippen molar-refractivity contribution < 1.29 is 4.74 Å². The molecule has 1 aromatic carbocycles. The van der Waals surface area contributed by atoms with Crippen LogP contribution in [-0.4, -0.2) is 16.0 Å². The van der Waals surface area contributed by atoms with Crippen molar-refractivity contribution in [3.63, 3.8) is 0 Å². The summed E-state index contributed by atoms with van der Waals surface area (Å²) in [7, 11) is 0. The number of para-hydroxylation sites is 1. The lowest BCUT2D eigenvalue weighted by atomic mass is 10.1. The van der Waals surface area contributed by atoms with Crippen LogP contribution in [0.15, 0.2) is 48.8 Å². The van der Waals surface area contributed by atoms with Crippen LogP contribution in [0.25, 0.3) is 16.9 Å². The Hall–Kier alpha value is -2.33. The van der Waals surface area contributed by atoms with Crippen molar-refractivity contribution in [2.45, 2.75) is 13.5 Å².